The van der Waals surface area contributed by atoms with Crippen LogP contribution in [0.5, 0.6) is 0 Å². The monoisotopic (exact) mass is 344 g/mol. The van der Waals surface area contributed by atoms with E-state index in [1.807, 2.05) is 30.7 Å². The van der Waals surface area contributed by atoms with Crippen molar-refractivity contribution in [2.75, 3.05) is 25.5 Å². The summed E-state index contributed by atoms with van der Waals surface area (Å²) < 4.78 is 1.89. The molecule has 2 aromatic rings. The van der Waals surface area contributed by atoms with Crippen molar-refractivity contribution in [2.24, 2.45) is 0 Å². The Balaban J connectivity index is 1.76. The average Bonchev–Trinajstić information content (AvgIpc) is 2.96. The number of rotatable bonds is 4. The number of hydrogen-bond donors (Lipinski definition) is 1. The Kier molecular flexibility index (Phi) is 4.71. The van der Waals surface area contributed by atoms with Crippen molar-refractivity contribution >= 4 is 11.9 Å². The average molecular weight is 344 g/mol. The van der Waals surface area contributed by atoms with E-state index >= 15 is 0 Å². The third-order valence-electron chi connectivity index (χ3n) is 4.28. The fourth-order valence-corrected chi connectivity index (χ4v) is 2.92. The van der Waals surface area contributed by atoms with Crippen LogP contribution in [0.1, 0.15) is 35.3 Å². The SMILES string of the molecule is Cc1cc(C)nc(N2CCn3nc([C@H](O)CC(=O)N(C)C)cc3C2)n1. The lowest BCUT2D eigenvalue weighted by Crippen LogP contribution is -2.35. The number of aryl methyl sites for hydroxylation is 2. The molecule has 2 aromatic heterocycles. The van der Waals surface area contributed by atoms with Gasteiger partial charge in [0.2, 0.25) is 11.9 Å². The van der Waals surface area contributed by atoms with Crippen LogP contribution in [-0.4, -0.2) is 56.3 Å². The third-order valence-corrected chi connectivity index (χ3v) is 4.28. The number of hydrogen-bond acceptors (Lipinski definition) is 6. The minimum absolute atomic E-state index is 0.0351. The highest BCUT2D eigenvalue weighted by Crippen LogP contribution is 2.23. The van der Waals surface area contributed by atoms with Gasteiger partial charge in [-0.25, -0.2) is 9.97 Å². The van der Waals surface area contributed by atoms with Crippen LogP contribution >= 0.6 is 0 Å². The van der Waals surface area contributed by atoms with Gasteiger partial charge in [-0.15, -0.1) is 0 Å². The highest BCUT2D eigenvalue weighted by Gasteiger charge is 2.24. The van der Waals surface area contributed by atoms with Crippen molar-refractivity contribution in [1.82, 2.24) is 24.6 Å². The van der Waals surface area contributed by atoms with Crippen LogP contribution in [-0.2, 0) is 17.9 Å². The maximum Gasteiger partial charge on any atom is 0.226 e. The van der Waals surface area contributed by atoms with Gasteiger partial charge in [0.1, 0.15) is 6.10 Å². The summed E-state index contributed by atoms with van der Waals surface area (Å²) in [7, 11) is 3.35. The minimum atomic E-state index is -0.890. The lowest BCUT2D eigenvalue weighted by molar-refractivity contribution is -0.130. The first-order valence-corrected chi connectivity index (χ1v) is 8.35. The normalized spacial score (nSPS) is 15.0. The van der Waals surface area contributed by atoms with E-state index in [4.69, 9.17) is 0 Å². The number of aliphatic hydroxyl groups is 1. The molecule has 1 atom stereocenters. The van der Waals surface area contributed by atoms with Gasteiger partial charge in [-0.05, 0) is 26.0 Å². The second kappa shape index (κ2) is 6.79. The molecule has 8 heteroatoms. The van der Waals surface area contributed by atoms with E-state index in [1.165, 1.54) is 4.90 Å². The van der Waals surface area contributed by atoms with Crippen LogP contribution in [0.4, 0.5) is 5.95 Å². The quantitative estimate of drug-likeness (QED) is 0.884. The van der Waals surface area contributed by atoms with Crippen molar-refractivity contribution in [2.45, 2.75) is 39.5 Å². The Morgan fingerprint density at radius 2 is 1.92 bits per heavy atom. The van der Waals surface area contributed by atoms with Crippen LogP contribution in [0.2, 0.25) is 0 Å². The first-order chi connectivity index (χ1) is 11.8. The summed E-state index contributed by atoms with van der Waals surface area (Å²) in [6, 6.07) is 3.82. The van der Waals surface area contributed by atoms with Crippen molar-refractivity contribution in [3.8, 4) is 0 Å². The molecule has 0 aliphatic carbocycles. The van der Waals surface area contributed by atoms with Gasteiger partial charge in [-0.3, -0.25) is 9.48 Å². The summed E-state index contributed by atoms with van der Waals surface area (Å²) in [5.41, 5.74) is 3.41. The molecule has 8 nitrogen and oxygen atoms in total. The predicted molar refractivity (Wildman–Crippen MR) is 93.1 cm³/mol. The topological polar surface area (TPSA) is 87.4 Å². The lowest BCUT2D eigenvalue weighted by atomic mass is 10.1. The number of nitrogens with zero attached hydrogens (tertiary/aromatic N) is 6. The molecule has 0 spiro atoms. The molecule has 3 heterocycles. The summed E-state index contributed by atoms with van der Waals surface area (Å²) in [5, 5.41) is 14.7. The van der Waals surface area contributed by atoms with Gasteiger partial charge in [0.15, 0.2) is 0 Å². The molecule has 1 N–H and O–H groups in total. The Labute approximate surface area is 147 Å². The molecule has 25 heavy (non-hydrogen) atoms. The van der Waals surface area contributed by atoms with Crippen molar-refractivity contribution in [1.29, 1.82) is 0 Å². The predicted octanol–water partition coefficient (Wildman–Crippen LogP) is 0.822. The van der Waals surface area contributed by atoms with Crippen LogP contribution in [0.15, 0.2) is 12.1 Å². The molecule has 0 fully saturated rings. The number of fused-ring (bicyclic) bond motifs is 1. The molecule has 0 saturated carbocycles. The molecule has 0 saturated heterocycles. The van der Waals surface area contributed by atoms with Crippen LogP contribution in [0, 0.1) is 13.8 Å². The fourth-order valence-electron chi connectivity index (χ4n) is 2.92. The van der Waals surface area contributed by atoms with E-state index in [-0.39, 0.29) is 12.3 Å². The van der Waals surface area contributed by atoms with Gasteiger partial charge in [0.05, 0.1) is 30.9 Å². The standard InChI is InChI=1S/C17H24N6O2/c1-11-7-12(2)19-17(18-11)22-5-6-23-13(10-22)8-14(20-23)15(24)9-16(25)21(3)4/h7-8,15,24H,5-6,9-10H2,1-4H3/t15-/m1/s1. The number of amides is 1. The van der Waals surface area contributed by atoms with E-state index in [1.54, 1.807) is 14.1 Å². The number of aliphatic hydroxyl groups excluding tert-OH is 1. The van der Waals surface area contributed by atoms with Crippen molar-refractivity contribution in [3.63, 3.8) is 0 Å². The van der Waals surface area contributed by atoms with Gasteiger partial charge < -0.3 is 14.9 Å². The van der Waals surface area contributed by atoms with E-state index in [0.717, 1.165) is 29.6 Å². The fraction of sp³-hybridized carbons (Fsp3) is 0.529. The number of carbonyl (C=O) groups is 1. The summed E-state index contributed by atoms with van der Waals surface area (Å²) in [6.45, 7) is 6.00. The molecule has 1 aliphatic rings. The molecule has 0 radical (unpaired) electrons. The Morgan fingerprint density at radius 3 is 2.56 bits per heavy atom. The molecule has 1 aliphatic heterocycles. The van der Waals surface area contributed by atoms with Gasteiger partial charge in [0.25, 0.3) is 0 Å². The summed E-state index contributed by atoms with van der Waals surface area (Å²) in [6.07, 6.45) is -0.855. The van der Waals surface area contributed by atoms with E-state index in [9.17, 15) is 9.90 Å². The van der Waals surface area contributed by atoms with E-state index < -0.39 is 6.10 Å². The zero-order valence-corrected chi connectivity index (χ0v) is 15.1. The first kappa shape index (κ1) is 17.3. The molecule has 1 amide bonds. The van der Waals surface area contributed by atoms with Crippen LogP contribution in [0.25, 0.3) is 0 Å². The van der Waals surface area contributed by atoms with Crippen molar-refractivity contribution < 1.29 is 9.90 Å². The molecule has 0 unspecified atom stereocenters. The molecule has 0 aromatic carbocycles. The second-order valence-corrected chi connectivity index (χ2v) is 6.66. The largest absolute Gasteiger partial charge is 0.386 e. The van der Waals surface area contributed by atoms with Crippen LogP contribution in [0.3, 0.4) is 0 Å². The zero-order valence-electron chi connectivity index (χ0n) is 15.1. The zero-order chi connectivity index (χ0) is 18.1. The summed E-state index contributed by atoms with van der Waals surface area (Å²) in [4.78, 5) is 24.4. The summed E-state index contributed by atoms with van der Waals surface area (Å²) >= 11 is 0. The first-order valence-electron chi connectivity index (χ1n) is 8.35. The summed E-state index contributed by atoms with van der Waals surface area (Å²) in [5.74, 6) is 0.596. The number of carbonyl (C=O) groups excluding carboxylic acids is 1. The van der Waals surface area contributed by atoms with E-state index in [0.29, 0.717) is 18.8 Å². The second-order valence-electron chi connectivity index (χ2n) is 6.66. The third kappa shape index (κ3) is 3.79. The Hall–Kier alpha value is -2.48. The van der Waals surface area contributed by atoms with Gasteiger partial charge in [0, 0.05) is 32.0 Å². The highest BCUT2D eigenvalue weighted by atomic mass is 16.3. The smallest absolute Gasteiger partial charge is 0.226 e. The number of anilines is 1. The number of aromatic nitrogens is 4. The minimum Gasteiger partial charge on any atom is -0.386 e. The van der Waals surface area contributed by atoms with Crippen LogP contribution < -0.4 is 4.90 Å². The van der Waals surface area contributed by atoms with Gasteiger partial charge in [-0.1, -0.05) is 0 Å². The maximum atomic E-state index is 11.8. The van der Waals surface area contributed by atoms with Gasteiger partial charge >= 0.3 is 0 Å². The Bertz CT molecular complexity index is 765. The van der Waals surface area contributed by atoms with Gasteiger partial charge in [-0.2, -0.15) is 5.10 Å². The van der Waals surface area contributed by atoms with Crippen molar-refractivity contribution in [3.05, 3.63) is 34.9 Å². The maximum absolute atomic E-state index is 11.8. The molecule has 134 valence electrons. The van der Waals surface area contributed by atoms with E-state index in [2.05, 4.69) is 20.0 Å². The lowest BCUT2D eigenvalue weighted by Gasteiger charge is -2.27. The Morgan fingerprint density at radius 1 is 1.24 bits per heavy atom. The molecule has 3 rings (SSSR count). The molecule has 0 bridgehead atoms. The molecular formula is C17H24N6O2. The highest BCUT2D eigenvalue weighted by molar-refractivity contribution is 5.76. The molecular weight excluding hydrogens is 320 g/mol.